The molecule has 6 heteroatoms. The van der Waals surface area contributed by atoms with E-state index in [-0.39, 0.29) is 0 Å². The molecule has 0 bridgehead atoms. The second kappa shape index (κ2) is 6.42. The minimum atomic E-state index is 0.578. The Balaban J connectivity index is 1.66. The summed E-state index contributed by atoms with van der Waals surface area (Å²) < 4.78 is 0. The van der Waals surface area contributed by atoms with Crippen molar-refractivity contribution < 1.29 is 0 Å². The van der Waals surface area contributed by atoms with Gasteiger partial charge in [-0.15, -0.1) is 15.0 Å². The lowest BCUT2D eigenvalue weighted by atomic mass is 10.1. The highest BCUT2D eigenvalue weighted by Crippen LogP contribution is 2.23. The zero-order valence-electron chi connectivity index (χ0n) is 14.3. The fourth-order valence-electron chi connectivity index (χ4n) is 2.91. The van der Waals surface area contributed by atoms with Gasteiger partial charge in [0.1, 0.15) is 11.4 Å². The smallest absolute Gasteiger partial charge is 0.204 e. The van der Waals surface area contributed by atoms with Gasteiger partial charge in [-0.2, -0.15) is 0 Å². The number of pyridine rings is 1. The van der Waals surface area contributed by atoms with Crippen LogP contribution in [-0.4, -0.2) is 31.3 Å². The molecule has 0 N–H and O–H groups in total. The van der Waals surface area contributed by atoms with E-state index in [2.05, 4.69) is 20.2 Å². The van der Waals surface area contributed by atoms with Crippen molar-refractivity contribution in [2.24, 2.45) is 10.1 Å². The number of fused-ring (bicyclic) bond motifs is 1. The number of nitrogens with zero attached hydrogens (tertiary/aromatic N) is 6. The van der Waals surface area contributed by atoms with E-state index in [0.717, 1.165) is 22.5 Å². The largest absolute Gasteiger partial charge is 0.264 e. The molecule has 0 spiro atoms. The first-order valence-corrected chi connectivity index (χ1v) is 8.55. The van der Waals surface area contributed by atoms with Crippen LogP contribution in [0.1, 0.15) is 11.4 Å². The minimum Gasteiger partial charge on any atom is -0.264 e. The van der Waals surface area contributed by atoms with Gasteiger partial charge in [0.15, 0.2) is 5.82 Å². The number of aliphatic imine (C=N–C) groups is 1. The Morgan fingerprint density at radius 2 is 1.52 bits per heavy atom. The first kappa shape index (κ1) is 15.3. The molecule has 0 radical (unpaired) electrons. The highest BCUT2D eigenvalue weighted by molar-refractivity contribution is 6.54. The van der Waals surface area contributed by atoms with E-state index in [9.17, 15) is 0 Å². The minimum absolute atomic E-state index is 0.578. The first-order valence-electron chi connectivity index (χ1n) is 8.55. The molecule has 4 aromatic rings. The van der Waals surface area contributed by atoms with E-state index in [0.29, 0.717) is 17.4 Å². The Kier molecular flexibility index (Phi) is 3.65. The highest BCUT2D eigenvalue weighted by atomic mass is 15.6. The van der Waals surface area contributed by atoms with Gasteiger partial charge in [-0.1, -0.05) is 48.5 Å². The predicted molar refractivity (Wildman–Crippen MR) is 104 cm³/mol. The fraction of sp³-hybridized carbons (Fsp3) is 0. The first-order chi connectivity index (χ1) is 13.4. The maximum absolute atomic E-state index is 4.81. The van der Waals surface area contributed by atoms with Gasteiger partial charge in [-0.3, -0.25) is 4.98 Å². The summed E-state index contributed by atoms with van der Waals surface area (Å²) in [5.74, 6) is 1.20. The van der Waals surface area contributed by atoms with E-state index < -0.39 is 0 Å². The molecule has 2 aromatic carbocycles. The molecule has 0 saturated carbocycles. The number of para-hydroxylation sites is 1. The van der Waals surface area contributed by atoms with Crippen molar-refractivity contribution in [2.45, 2.75) is 0 Å². The van der Waals surface area contributed by atoms with Crippen LogP contribution in [0.4, 0.5) is 5.69 Å². The molecule has 1 aliphatic rings. The number of hydrogen-bond donors (Lipinski definition) is 0. The zero-order chi connectivity index (χ0) is 18.1. The quantitative estimate of drug-likeness (QED) is 0.565. The summed E-state index contributed by atoms with van der Waals surface area (Å²) in [6, 6.07) is 23.5. The molecule has 1 aliphatic heterocycles. The van der Waals surface area contributed by atoms with Crippen molar-refractivity contribution in [3.05, 3.63) is 96.6 Å². The van der Waals surface area contributed by atoms with Crippen molar-refractivity contribution in [1.82, 2.24) is 19.9 Å². The number of rotatable bonds is 3. The molecule has 0 aliphatic carbocycles. The summed E-state index contributed by atoms with van der Waals surface area (Å²) in [6.07, 6.45) is 3.46. The Morgan fingerprint density at radius 1 is 0.778 bits per heavy atom. The van der Waals surface area contributed by atoms with Crippen molar-refractivity contribution in [1.29, 1.82) is 0 Å². The molecule has 128 valence electrons. The van der Waals surface area contributed by atoms with Crippen molar-refractivity contribution >= 4 is 17.1 Å². The normalized spacial score (nSPS) is 14.2. The monoisotopic (exact) mass is 350 g/mol. The summed E-state index contributed by atoms with van der Waals surface area (Å²) in [5, 5.41) is 9.18. The van der Waals surface area contributed by atoms with Crippen molar-refractivity contribution in [3.8, 4) is 11.4 Å². The van der Waals surface area contributed by atoms with E-state index >= 15 is 0 Å². The van der Waals surface area contributed by atoms with Gasteiger partial charge in [0.2, 0.25) is 5.82 Å². The van der Waals surface area contributed by atoms with Gasteiger partial charge in [0.05, 0.1) is 5.69 Å². The van der Waals surface area contributed by atoms with Crippen LogP contribution in [0.15, 0.2) is 95.3 Å². The maximum atomic E-state index is 4.81. The molecule has 2 aromatic heterocycles. The van der Waals surface area contributed by atoms with E-state index in [4.69, 9.17) is 4.99 Å². The third-order valence-corrected chi connectivity index (χ3v) is 4.19. The topological polar surface area (TPSA) is 68.3 Å². The highest BCUT2D eigenvalue weighted by Gasteiger charge is 2.28. The van der Waals surface area contributed by atoms with Crippen LogP contribution in [0.2, 0.25) is 0 Å². The lowest BCUT2D eigenvalue weighted by Crippen LogP contribution is -2.13. The van der Waals surface area contributed by atoms with Crippen molar-refractivity contribution in [2.75, 3.05) is 0 Å². The molecule has 0 atom stereocenters. The summed E-state index contributed by atoms with van der Waals surface area (Å²) in [4.78, 5) is 15.2. The van der Waals surface area contributed by atoms with Gasteiger partial charge >= 0.3 is 0 Å². The van der Waals surface area contributed by atoms with Crippen LogP contribution in [0.25, 0.3) is 11.4 Å². The van der Waals surface area contributed by atoms with Crippen LogP contribution in [0.5, 0.6) is 0 Å². The summed E-state index contributed by atoms with van der Waals surface area (Å²) in [7, 11) is 0. The van der Waals surface area contributed by atoms with Gasteiger partial charge in [-0.25, -0.2) is 9.98 Å². The van der Waals surface area contributed by atoms with Crippen LogP contribution >= 0.6 is 0 Å². The lowest BCUT2D eigenvalue weighted by Gasteiger charge is -2.02. The average molecular weight is 350 g/mol. The number of hydrogen-bond acceptors (Lipinski definition) is 5. The van der Waals surface area contributed by atoms with Crippen LogP contribution in [-0.2, 0) is 0 Å². The SMILES string of the molecule is c1ccc(/N=C2/C(c3ccccc3)=Nn3nc(-c4cccnc4)nc32)cc1. The van der Waals surface area contributed by atoms with E-state index in [1.165, 1.54) is 0 Å². The molecule has 0 saturated heterocycles. The Hall–Kier alpha value is -3.93. The Bertz CT molecular complexity index is 1150. The summed E-state index contributed by atoms with van der Waals surface area (Å²) in [5.41, 5.74) is 4.12. The molecular formula is C21H14N6. The molecular weight excluding hydrogens is 336 g/mol. The second-order valence-corrected chi connectivity index (χ2v) is 6.00. The Morgan fingerprint density at radius 3 is 2.26 bits per heavy atom. The van der Waals surface area contributed by atoms with Crippen LogP contribution in [0, 0.1) is 0 Å². The molecule has 5 rings (SSSR count). The molecule has 27 heavy (non-hydrogen) atoms. The fourth-order valence-corrected chi connectivity index (χ4v) is 2.91. The van der Waals surface area contributed by atoms with Crippen molar-refractivity contribution in [3.63, 3.8) is 0 Å². The summed E-state index contributed by atoms with van der Waals surface area (Å²) in [6.45, 7) is 0. The predicted octanol–water partition coefficient (Wildman–Crippen LogP) is 3.73. The maximum Gasteiger partial charge on any atom is 0.204 e. The molecule has 6 nitrogen and oxygen atoms in total. The number of aromatic nitrogens is 4. The number of benzene rings is 2. The Labute approximate surface area is 155 Å². The molecule has 0 amide bonds. The summed E-state index contributed by atoms with van der Waals surface area (Å²) >= 11 is 0. The second-order valence-electron chi connectivity index (χ2n) is 6.00. The molecule has 3 heterocycles. The molecule has 0 unspecified atom stereocenters. The average Bonchev–Trinajstić information content (AvgIpc) is 3.30. The third-order valence-electron chi connectivity index (χ3n) is 4.19. The van der Waals surface area contributed by atoms with Gasteiger partial charge < -0.3 is 0 Å². The van der Waals surface area contributed by atoms with E-state index in [1.807, 2.05) is 72.8 Å². The van der Waals surface area contributed by atoms with Gasteiger partial charge in [-0.05, 0) is 24.3 Å². The molecule has 0 fully saturated rings. The van der Waals surface area contributed by atoms with Gasteiger partial charge in [0, 0.05) is 23.5 Å². The zero-order valence-corrected chi connectivity index (χ0v) is 14.3. The standard InChI is InChI=1S/C21H14N6/c1-3-8-15(9-4-1)18-19(23-17-11-5-2-6-12-17)21-24-20(26-27(21)25-18)16-10-7-13-22-14-16/h1-14H/b23-19-. The van der Waals surface area contributed by atoms with Gasteiger partial charge in [0.25, 0.3) is 0 Å². The lowest BCUT2D eigenvalue weighted by molar-refractivity contribution is 0.748. The van der Waals surface area contributed by atoms with E-state index in [1.54, 1.807) is 17.2 Å². The van der Waals surface area contributed by atoms with Crippen LogP contribution in [0.3, 0.4) is 0 Å². The third kappa shape index (κ3) is 2.83. The van der Waals surface area contributed by atoms with Crippen LogP contribution < -0.4 is 0 Å².